The van der Waals surface area contributed by atoms with E-state index in [9.17, 15) is 4.79 Å². The minimum atomic E-state index is -0.367. The van der Waals surface area contributed by atoms with E-state index in [0.717, 1.165) is 6.42 Å². The lowest BCUT2D eigenvalue weighted by Crippen LogP contribution is -2.33. The molecule has 1 unspecified atom stereocenters. The van der Waals surface area contributed by atoms with E-state index < -0.39 is 0 Å². The number of hydrogen-bond acceptors (Lipinski definition) is 3. The lowest BCUT2D eigenvalue weighted by atomic mass is 10.1. The maximum absolute atomic E-state index is 11.3. The Kier molecular flexibility index (Phi) is 5.70. The predicted molar refractivity (Wildman–Crippen MR) is 53.6 cm³/mol. The van der Waals surface area contributed by atoms with Crippen LogP contribution in [0.3, 0.4) is 0 Å². The number of carbonyl (C=O) groups excluding carboxylic acids is 1. The van der Waals surface area contributed by atoms with Crippen molar-refractivity contribution in [3.63, 3.8) is 0 Å². The number of ether oxygens (including phenoxy) is 1. The van der Waals surface area contributed by atoms with Crippen molar-refractivity contribution in [1.29, 1.82) is 5.26 Å². The Labute approximate surface area is 85.5 Å². The van der Waals surface area contributed by atoms with Crippen LogP contribution in [0.1, 0.15) is 27.2 Å². The van der Waals surface area contributed by atoms with Gasteiger partial charge in [-0.2, -0.15) is 5.26 Å². The molecule has 0 rings (SSSR count). The van der Waals surface area contributed by atoms with Crippen molar-refractivity contribution in [3.05, 3.63) is 0 Å². The zero-order chi connectivity index (χ0) is 11.1. The molecule has 0 heterocycles. The molecule has 4 heteroatoms. The van der Waals surface area contributed by atoms with Crippen LogP contribution in [-0.4, -0.2) is 30.7 Å². The normalized spacial score (nSPS) is 12.0. The molecule has 0 saturated carbocycles. The maximum atomic E-state index is 11.3. The molecule has 0 N–H and O–H groups in total. The fourth-order valence-electron chi connectivity index (χ4n) is 0.958. The van der Waals surface area contributed by atoms with Crippen molar-refractivity contribution in [3.8, 4) is 6.07 Å². The number of nitrogens with zero attached hydrogens (tertiary/aromatic N) is 2. The molecule has 0 aromatic heterocycles. The van der Waals surface area contributed by atoms with E-state index in [-0.39, 0.29) is 18.1 Å². The van der Waals surface area contributed by atoms with Crippen LogP contribution in [0.15, 0.2) is 0 Å². The van der Waals surface area contributed by atoms with Gasteiger partial charge < -0.3 is 9.64 Å². The highest BCUT2D eigenvalue weighted by atomic mass is 16.6. The molecule has 0 aliphatic carbocycles. The highest BCUT2D eigenvalue weighted by Gasteiger charge is 2.15. The van der Waals surface area contributed by atoms with Crippen LogP contribution in [0.2, 0.25) is 0 Å². The van der Waals surface area contributed by atoms with Crippen LogP contribution in [0.5, 0.6) is 0 Å². The summed E-state index contributed by atoms with van der Waals surface area (Å²) in [5.74, 6) is -0.111. The van der Waals surface area contributed by atoms with E-state index in [1.807, 2.05) is 6.92 Å². The first kappa shape index (κ1) is 12.8. The molecule has 0 spiro atoms. The highest BCUT2D eigenvalue weighted by Crippen LogP contribution is 2.04. The third-order valence-electron chi connectivity index (χ3n) is 1.82. The molecular formula is C10H18N2O2. The molecule has 0 fully saturated rings. The van der Waals surface area contributed by atoms with Gasteiger partial charge >= 0.3 is 6.09 Å². The third-order valence-corrected chi connectivity index (χ3v) is 1.82. The Bertz CT molecular complexity index is 221. The zero-order valence-electron chi connectivity index (χ0n) is 9.28. The van der Waals surface area contributed by atoms with Crippen LogP contribution in [0, 0.1) is 17.2 Å². The summed E-state index contributed by atoms with van der Waals surface area (Å²) < 4.78 is 4.98. The topological polar surface area (TPSA) is 53.3 Å². The van der Waals surface area contributed by atoms with Crippen LogP contribution in [0.25, 0.3) is 0 Å². The molecule has 0 bridgehead atoms. The maximum Gasteiger partial charge on any atom is 0.409 e. The first-order valence-corrected chi connectivity index (χ1v) is 4.82. The summed E-state index contributed by atoms with van der Waals surface area (Å²) in [4.78, 5) is 12.8. The van der Waals surface area contributed by atoms with E-state index in [4.69, 9.17) is 10.00 Å². The van der Waals surface area contributed by atoms with Gasteiger partial charge in [-0.25, -0.2) is 4.79 Å². The average Bonchev–Trinajstić information content (AvgIpc) is 2.12. The molecule has 0 radical (unpaired) electrons. The first-order chi connectivity index (χ1) is 6.51. The number of hydrogen-bond donors (Lipinski definition) is 0. The van der Waals surface area contributed by atoms with Gasteiger partial charge in [0.2, 0.25) is 0 Å². The van der Waals surface area contributed by atoms with E-state index in [0.29, 0.717) is 6.54 Å². The summed E-state index contributed by atoms with van der Waals surface area (Å²) in [6.07, 6.45) is 0.260. The molecule has 0 aromatic rings. The summed E-state index contributed by atoms with van der Waals surface area (Å²) in [5, 5.41) is 8.71. The SMILES string of the molecule is CCC(C#N)CN(C)C(=O)OC(C)C. The van der Waals surface area contributed by atoms with Crippen LogP contribution in [0.4, 0.5) is 4.79 Å². The fraction of sp³-hybridized carbons (Fsp3) is 0.800. The largest absolute Gasteiger partial charge is 0.447 e. The molecule has 1 atom stereocenters. The number of carbonyl (C=O) groups is 1. The predicted octanol–water partition coefficient (Wildman–Crippen LogP) is 2.01. The van der Waals surface area contributed by atoms with Crippen LogP contribution in [-0.2, 0) is 4.74 Å². The monoisotopic (exact) mass is 198 g/mol. The smallest absolute Gasteiger partial charge is 0.409 e. The molecule has 4 nitrogen and oxygen atoms in total. The summed E-state index contributed by atoms with van der Waals surface area (Å²) in [6.45, 7) is 5.95. The van der Waals surface area contributed by atoms with Gasteiger partial charge in [-0.05, 0) is 20.3 Å². The third kappa shape index (κ3) is 4.70. The van der Waals surface area contributed by atoms with Crippen molar-refractivity contribution in [1.82, 2.24) is 4.90 Å². The zero-order valence-corrected chi connectivity index (χ0v) is 9.28. The van der Waals surface area contributed by atoms with E-state index in [2.05, 4.69) is 6.07 Å². The Morgan fingerprint density at radius 1 is 1.57 bits per heavy atom. The Morgan fingerprint density at radius 3 is 2.50 bits per heavy atom. The van der Waals surface area contributed by atoms with Crippen molar-refractivity contribution in [2.24, 2.45) is 5.92 Å². The first-order valence-electron chi connectivity index (χ1n) is 4.82. The van der Waals surface area contributed by atoms with Crippen molar-refractivity contribution in [2.45, 2.75) is 33.3 Å². The average molecular weight is 198 g/mol. The van der Waals surface area contributed by atoms with Crippen LogP contribution >= 0.6 is 0 Å². The Morgan fingerprint density at radius 2 is 2.14 bits per heavy atom. The number of nitriles is 1. The van der Waals surface area contributed by atoms with Crippen molar-refractivity contribution in [2.75, 3.05) is 13.6 Å². The molecule has 0 saturated heterocycles. The van der Waals surface area contributed by atoms with Crippen molar-refractivity contribution < 1.29 is 9.53 Å². The number of rotatable bonds is 4. The summed E-state index contributed by atoms with van der Waals surface area (Å²) in [5.41, 5.74) is 0. The van der Waals surface area contributed by atoms with Gasteiger partial charge in [0.1, 0.15) is 0 Å². The van der Waals surface area contributed by atoms with Crippen molar-refractivity contribution >= 4 is 6.09 Å². The second-order valence-corrected chi connectivity index (χ2v) is 3.55. The second-order valence-electron chi connectivity index (χ2n) is 3.55. The Balaban J connectivity index is 4.01. The van der Waals surface area contributed by atoms with E-state index in [1.54, 1.807) is 20.9 Å². The summed E-state index contributed by atoms with van der Waals surface area (Å²) in [6, 6.07) is 2.14. The van der Waals surface area contributed by atoms with Gasteiger partial charge in [0.15, 0.2) is 0 Å². The van der Waals surface area contributed by atoms with Gasteiger partial charge in [-0.1, -0.05) is 6.92 Å². The van der Waals surface area contributed by atoms with Gasteiger partial charge in [-0.15, -0.1) is 0 Å². The van der Waals surface area contributed by atoms with Gasteiger partial charge in [0.25, 0.3) is 0 Å². The lowest BCUT2D eigenvalue weighted by molar-refractivity contribution is 0.0816. The molecule has 80 valence electrons. The highest BCUT2D eigenvalue weighted by molar-refractivity contribution is 5.67. The van der Waals surface area contributed by atoms with Crippen LogP contribution < -0.4 is 0 Å². The van der Waals surface area contributed by atoms with Gasteiger partial charge in [-0.3, -0.25) is 0 Å². The summed E-state index contributed by atoms with van der Waals surface area (Å²) in [7, 11) is 1.64. The second kappa shape index (κ2) is 6.25. The van der Waals surface area contributed by atoms with E-state index >= 15 is 0 Å². The molecular weight excluding hydrogens is 180 g/mol. The standard InChI is InChI=1S/C10H18N2O2/c1-5-9(6-11)7-12(4)10(13)14-8(2)3/h8-9H,5,7H2,1-4H3. The van der Waals surface area contributed by atoms with Gasteiger partial charge in [0, 0.05) is 13.6 Å². The number of amides is 1. The minimum Gasteiger partial charge on any atom is -0.447 e. The molecule has 0 aliphatic rings. The molecule has 0 aromatic carbocycles. The molecule has 0 aliphatic heterocycles. The minimum absolute atomic E-state index is 0.111. The van der Waals surface area contributed by atoms with Gasteiger partial charge in [0.05, 0.1) is 18.1 Å². The molecule has 14 heavy (non-hydrogen) atoms. The quantitative estimate of drug-likeness (QED) is 0.694. The summed E-state index contributed by atoms with van der Waals surface area (Å²) >= 11 is 0. The fourth-order valence-corrected chi connectivity index (χ4v) is 0.958. The van der Waals surface area contributed by atoms with E-state index in [1.165, 1.54) is 4.90 Å². The molecule has 1 amide bonds. The lowest BCUT2D eigenvalue weighted by Gasteiger charge is -2.20. The Hall–Kier alpha value is -1.24.